The second kappa shape index (κ2) is 6.86. The molecule has 0 aliphatic carbocycles. The Kier molecular flexibility index (Phi) is 5.11. The van der Waals surface area contributed by atoms with Gasteiger partial charge in [-0.25, -0.2) is 4.68 Å². The van der Waals surface area contributed by atoms with Gasteiger partial charge >= 0.3 is 0 Å². The lowest BCUT2D eigenvalue weighted by atomic mass is 10.0. The zero-order chi connectivity index (χ0) is 16.3. The van der Waals surface area contributed by atoms with Crippen LogP contribution in [0.15, 0.2) is 24.3 Å². The van der Waals surface area contributed by atoms with Gasteiger partial charge in [0, 0.05) is 0 Å². The molecule has 0 radical (unpaired) electrons. The zero-order valence-corrected chi connectivity index (χ0v) is 14.1. The predicted octanol–water partition coefficient (Wildman–Crippen LogP) is 3.98. The van der Waals surface area contributed by atoms with E-state index in [0.29, 0.717) is 17.6 Å². The van der Waals surface area contributed by atoms with E-state index in [4.69, 9.17) is 4.74 Å². The highest BCUT2D eigenvalue weighted by Gasteiger charge is 2.19. The number of hydrogen-bond donors (Lipinski definition) is 1. The average Bonchev–Trinajstić information content (AvgIpc) is 2.75. The maximum absolute atomic E-state index is 10.6. The molecule has 2 rings (SSSR count). The SMILES string of the molecule is COc1ccc(-n2nc(CC(C)C)c(O)c2CC(C)C)cc1. The van der Waals surface area contributed by atoms with Crippen LogP contribution in [0.4, 0.5) is 0 Å². The molecule has 0 aliphatic heterocycles. The van der Waals surface area contributed by atoms with E-state index >= 15 is 0 Å². The molecule has 0 bridgehead atoms. The third-order valence-electron chi connectivity index (χ3n) is 3.54. The quantitative estimate of drug-likeness (QED) is 0.878. The summed E-state index contributed by atoms with van der Waals surface area (Å²) < 4.78 is 7.07. The molecule has 1 aromatic heterocycles. The van der Waals surface area contributed by atoms with E-state index in [1.807, 2.05) is 28.9 Å². The van der Waals surface area contributed by atoms with Gasteiger partial charge in [-0.1, -0.05) is 27.7 Å². The Morgan fingerprint density at radius 2 is 1.64 bits per heavy atom. The highest BCUT2D eigenvalue weighted by molar-refractivity contribution is 5.43. The molecule has 4 heteroatoms. The topological polar surface area (TPSA) is 47.3 Å². The number of hydrogen-bond acceptors (Lipinski definition) is 3. The molecule has 0 saturated heterocycles. The zero-order valence-electron chi connectivity index (χ0n) is 14.1. The molecule has 0 atom stereocenters. The number of aromatic hydroxyl groups is 1. The minimum atomic E-state index is 0.346. The largest absolute Gasteiger partial charge is 0.504 e. The van der Waals surface area contributed by atoms with E-state index in [0.717, 1.165) is 35.7 Å². The second-order valence-electron chi connectivity index (χ2n) is 6.55. The number of aromatic nitrogens is 2. The van der Waals surface area contributed by atoms with Crippen LogP contribution in [0, 0.1) is 11.8 Å². The molecule has 120 valence electrons. The summed E-state index contributed by atoms with van der Waals surface area (Å²) in [6.45, 7) is 8.56. The van der Waals surface area contributed by atoms with Crippen LogP contribution in [-0.4, -0.2) is 22.0 Å². The van der Waals surface area contributed by atoms with Gasteiger partial charge in [-0.2, -0.15) is 5.10 Å². The third kappa shape index (κ3) is 3.62. The number of methoxy groups -OCH3 is 1. The van der Waals surface area contributed by atoms with E-state index in [-0.39, 0.29) is 0 Å². The van der Waals surface area contributed by atoms with Gasteiger partial charge in [0.2, 0.25) is 0 Å². The smallest absolute Gasteiger partial charge is 0.160 e. The minimum absolute atomic E-state index is 0.346. The summed E-state index contributed by atoms with van der Waals surface area (Å²) in [6, 6.07) is 7.76. The number of ether oxygens (including phenoxy) is 1. The molecular weight excluding hydrogens is 276 g/mol. The summed E-state index contributed by atoms with van der Waals surface area (Å²) in [4.78, 5) is 0. The van der Waals surface area contributed by atoms with Gasteiger partial charge in [0.15, 0.2) is 5.75 Å². The molecule has 1 aromatic carbocycles. The van der Waals surface area contributed by atoms with E-state index < -0.39 is 0 Å². The standard InChI is InChI=1S/C18H26N2O2/c1-12(2)10-16-18(21)17(11-13(3)4)20(19-16)14-6-8-15(22-5)9-7-14/h6-9,12-13,21H,10-11H2,1-5H3. The first-order valence-electron chi connectivity index (χ1n) is 7.86. The predicted molar refractivity (Wildman–Crippen MR) is 88.9 cm³/mol. The minimum Gasteiger partial charge on any atom is -0.504 e. The van der Waals surface area contributed by atoms with Crippen molar-refractivity contribution in [1.29, 1.82) is 0 Å². The van der Waals surface area contributed by atoms with Gasteiger partial charge in [0.25, 0.3) is 0 Å². The Morgan fingerprint density at radius 1 is 1.05 bits per heavy atom. The summed E-state index contributed by atoms with van der Waals surface area (Å²) >= 11 is 0. The molecule has 1 N–H and O–H groups in total. The van der Waals surface area contributed by atoms with Crippen molar-refractivity contribution in [2.75, 3.05) is 7.11 Å². The summed E-state index contributed by atoms with van der Waals surface area (Å²) in [5, 5.41) is 15.2. The van der Waals surface area contributed by atoms with Crippen molar-refractivity contribution in [3.05, 3.63) is 35.7 Å². The Bertz CT molecular complexity index is 613. The first kappa shape index (κ1) is 16.4. The summed E-state index contributed by atoms with van der Waals surface area (Å²) in [7, 11) is 1.65. The van der Waals surface area contributed by atoms with Crippen LogP contribution in [0.3, 0.4) is 0 Å². The lowest BCUT2D eigenvalue weighted by Gasteiger charge is -2.10. The average molecular weight is 302 g/mol. The van der Waals surface area contributed by atoms with Gasteiger partial charge in [-0.15, -0.1) is 0 Å². The molecular formula is C18H26N2O2. The van der Waals surface area contributed by atoms with Gasteiger partial charge in [-0.05, 0) is 48.9 Å². The van der Waals surface area contributed by atoms with E-state index in [1.54, 1.807) is 7.11 Å². The van der Waals surface area contributed by atoms with Crippen LogP contribution in [-0.2, 0) is 12.8 Å². The van der Waals surface area contributed by atoms with Crippen molar-refractivity contribution < 1.29 is 9.84 Å². The van der Waals surface area contributed by atoms with Crippen molar-refractivity contribution >= 4 is 0 Å². The first-order valence-corrected chi connectivity index (χ1v) is 7.86. The maximum Gasteiger partial charge on any atom is 0.160 e. The van der Waals surface area contributed by atoms with Gasteiger partial charge in [-0.3, -0.25) is 0 Å². The molecule has 22 heavy (non-hydrogen) atoms. The molecule has 2 aromatic rings. The monoisotopic (exact) mass is 302 g/mol. The summed E-state index contributed by atoms with van der Waals surface area (Å²) in [5.74, 6) is 2.06. The fraction of sp³-hybridized carbons (Fsp3) is 0.500. The van der Waals surface area contributed by atoms with Crippen molar-refractivity contribution in [1.82, 2.24) is 9.78 Å². The molecule has 1 heterocycles. The molecule has 0 saturated carbocycles. The fourth-order valence-corrected chi connectivity index (χ4v) is 2.53. The highest BCUT2D eigenvalue weighted by atomic mass is 16.5. The van der Waals surface area contributed by atoms with Gasteiger partial charge in [0.05, 0.1) is 18.5 Å². The highest BCUT2D eigenvalue weighted by Crippen LogP contribution is 2.29. The number of rotatable bonds is 6. The third-order valence-corrected chi connectivity index (χ3v) is 3.54. The normalized spacial score (nSPS) is 11.4. The van der Waals surface area contributed by atoms with E-state index in [9.17, 15) is 5.11 Å². The molecule has 4 nitrogen and oxygen atoms in total. The van der Waals surface area contributed by atoms with Crippen LogP contribution >= 0.6 is 0 Å². The second-order valence-corrected chi connectivity index (χ2v) is 6.55. The fourth-order valence-electron chi connectivity index (χ4n) is 2.53. The van der Waals surface area contributed by atoms with Crippen molar-refractivity contribution in [2.45, 2.75) is 40.5 Å². The Hall–Kier alpha value is -1.97. The summed E-state index contributed by atoms with van der Waals surface area (Å²) in [5.41, 5.74) is 2.61. The van der Waals surface area contributed by atoms with Gasteiger partial charge < -0.3 is 9.84 Å². The number of nitrogens with zero attached hydrogens (tertiary/aromatic N) is 2. The lowest BCUT2D eigenvalue weighted by Crippen LogP contribution is -2.05. The van der Waals surface area contributed by atoms with Crippen LogP contribution in [0.1, 0.15) is 39.1 Å². The van der Waals surface area contributed by atoms with Crippen LogP contribution < -0.4 is 4.74 Å². The maximum atomic E-state index is 10.6. The van der Waals surface area contributed by atoms with Crippen molar-refractivity contribution in [3.8, 4) is 17.2 Å². The van der Waals surface area contributed by atoms with E-state index in [1.165, 1.54) is 0 Å². The van der Waals surface area contributed by atoms with Crippen LogP contribution in [0.5, 0.6) is 11.5 Å². The number of benzene rings is 1. The Balaban J connectivity index is 2.46. The molecule has 0 amide bonds. The van der Waals surface area contributed by atoms with Crippen molar-refractivity contribution in [2.24, 2.45) is 11.8 Å². The van der Waals surface area contributed by atoms with E-state index in [2.05, 4.69) is 32.8 Å². The van der Waals surface area contributed by atoms with Gasteiger partial charge in [0.1, 0.15) is 11.4 Å². The lowest BCUT2D eigenvalue weighted by molar-refractivity contribution is 0.414. The van der Waals surface area contributed by atoms with Crippen molar-refractivity contribution in [3.63, 3.8) is 0 Å². The Morgan fingerprint density at radius 3 is 2.14 bits per heavy atom. The first-order chi connectivity index (χ1) is 10.4. The molecule has 0 unspecified atom stereocenters. The van der Waals surface area contributed by atoms with Crippen LogP contribution in [0.25, 0.3) is 5.69 Å². The summed E-state index contributed by atoms with van der Waals surface area (Å²) in [6.07, 6.45) is 1.57. The van der Waals surface area contributed by atoms with Crippen LogP contribution in [0.2, 0.25) is 0 Å². The molecule has 0 aliphatic rings. The molecule has 0 fully saturated rings. The molecule has 0 spiro atoms. The Labute approximate surface area is 132 Å².